The molecule has 0 aliphatic rings. The Labute approximate surface area is 163 Å². The molecule has 0 saturated heterocycles. The second kappa shape index (κ2) is 9.36. The summed E-state index contributed by atoms with van der Waals surface area (Å²) >= 11 is 0. The molecular weight excluding hydrogens is 356 g/mol. The average molecular weight is 378 g/mol. The number of nitrogens with zero attached hydrogens (tertiary/aromatic N) is 2. The minimum absolute atomic E-state index is 0.141. The molecule has 2 N–H and O–H groups in total. The molecule has 0 unspecified atom stereocenters. The van der Waals surface area contributed by atoms with Crippen molar-refractivity contribution in [2.75, 3.05) is 18.5 Å². The number of carbonyl (C=O) groups is 2. The van der Waals surface area contributed by atoms with E-state index < -0.39 is 0 Å². The van der Waals surface area contributed by atoms with Gasteiger partial charge in [0.25, 0.3) is 5.91 Å². The Morgan fingerprint density at radius 2 is 1.79 bits per heavy atom. The van der Waals surface area contributed by atoms with Crippen LogP contribution in [0.5, 0.6) is 5.75 Å². The first-order valence-corrected chi connectivity index (χ1v) is 9.02. The minimum Gasteiger partial charge on any atom is -0.494 e. The van der Waals surface area contributed by atoms with Gasteiger partial charge in [0, 0.05) is 17.8 Å². The van der Waals surface area contributed by atoms with Crippen molar-refractivity contribution in [1.82, 2.24) is 15.1 Å². The van der Waals surface area contributed by atoms with Gasteiger partial charge in [-0.25, -0.2) is 0 Å². The van der Waals surface area contributed by atoms with Crippen molar-refractivity contribution < 1.29 is 14.3 Å². The van der Waals surface area contributed by atoms with E-state index in [1.165, 1.54) is 0 Å². The smallest absolute Gasteiger partial charge is 0.251 e. The van der Waals surface area contributed by atoms with E-state index in [-0.39, 0.29) is 18.4 Å². The molecule has 2 amide bonds. The summed E-state index contributed by atoms with van der Waals surface area (Å²) in [4.78, 5) is 24.2. The van der Waals surface area contributed by atoms with Gasteiger partial charge in [-0.05, 0) is 36.8 Å². The van der Waals surface area contributed by atoms with Crippen LogP contribution in [0.25, 0.3) is 0 Å². The lowest BCUT2D eigenvalue weighted by molar-refractivity contribution is -0.115. The third kappa shape index (κ3) is 5.44. The van der Waals surface area contributed by atoms with Gasteiger partial charge in [-0.2, -0.15) is 5.10 Å². The Kier molecular flexibility index (Phi) is 6.41. The molecule has 1 aromatic heterocycles. The van der Waals surface area contributed by atoms with Crippen molar-refractivity contribution in [2.45, 2.75) is 13.5 Å². The maximum atomic E-state index is 12.1. The number of hydrogen-bond donors (Lipinski definition) is 2. The molecule has 0 atom stereocenters. The fraction of sp³-hybridized carbons (Fsp3) is 0.190. The summed E-state index contributed by atoms with van der Waals surface area (Å²) in [5, 5.41) is 9.58. The summed E-state index contributed by atoms with van der Waals surface area (Å²) in [6.07, 6.45) is 1.79. The maximum absolute atomic E-state index is 12.1. The molecule has 7 heteroatoms. The van der Waals surface area contributed by atoms with E-state index in [4.69, 9.17) is 4.74 Å². The molecule has 0 bridgehead atoms. The fourth-order valence-corrected chi connectivity index (χ4v) is 2.61. The molecule has 0 fully saturated rings. The number of amides is 2. The first-order valence-electron chi connectivity index (χ1n) is 9.02. The van der Waals surface area contributed by atoms with Gasteiger partial charge >= 0.3 is 0 Å². The highest BCUT2D eigenvalue weighted by molar-refractivity contribution is 5.99. The number of anilines is 1. The highest BCUT2D eigenvalue weighted by atomic mass is 16.5. The molecule has 1 heterocycles. The standard InChI is InChI=1S/C21H22N4O3/c1-2-28-18-10-8-17(9-11-18)21(27)22-14-20(26)23-19-12-13-25(24-19)15-16-6-4-3-5-7-16/h3-13H,2,14-15H2,1H3,(H,22,27)(H,23,24,26). The lowest BCUT2D eigenvalue weighted by atomic mass is 10.2. The SMILES string of the molecule is CCOc1ccc(C(=O)NCC(=O)Nc2ccn(Cc3ccccc3)n2)cc1. The second-order valence-corrected chi connectivity index (χ2v) is 6.07. The predicted octanol–water partition coefficient (Wildman–Crippen LogP) is 2.70. The number of aromatic nitrogens is 2. The van der Waals surface area contributed by atoms with Gasteiger partial charge in [-0.3, -0.25) is 14.3 Å². The maximum Gasteiger partial charge on any atom is 0.251 e. The summed E-state index contributed by atoms with van der Waals surface area (Å²) < 4.78 is 7.08. The lowest BCUT2D eigenvalue weighted by Gasteiger charge is -2.07. The van der Waals surface area contributed by atoms with Crippen LogP contribution in [-0.2, 0) is 11.3 Å². The Morgan fingerprint density at radius 1 is 1.04 bits per heavy atom. The highest BCUT2D eigenvalue weighted by Crippen LogP contribution is 2.12. The molecular formula is C21H22N4O3. The van der Waals surface area contributed by atoms with E-state index in [1.54, 1.807) is 41.2 Å². The average Bonchev–Trinajstić information content (AvgIpc) is 3.14. The first-order chi connectivity index (χ1) is 13.6. The summed E-state index contributed by atoms with van der Waals surface area (Å²) in [5.74, 6) is 0.469. The van der Waals surface area contributed by atoms with Crippen LogP contribution in [0.3, 0.4) is 0 Å². The number of hydrogen-bond acceptors (Lipinski definition) is 4. The van der Waals surface area contributed by atoms with Gasteiger partial charge < -0.3 is 15.4 Å². The van der Waals surface area contributed by atoms with Crippen LogP contribution in [-0.4, -0.2) is 34.7 Å². The second-order valence-electron chi connectivity index (χ2n) is 6.07. The predicted molar refractivity (Wildman–Crippen MR) is 106 cm³/mol. The molecule has 7 nitrogen and oxygen atoms in total. The van der Waals surface area contributed by atoms with Crippen molar-refractivity contribution in [1.29, 1.82) is 0 Å². The number of rotatable bonds is 8. The van der Waals surface area contributed by atoms with E-state index in [0.717, 1.165) is 5.56 Å². The van der Waals surface area contributed by atoms with Crippen LogP contribution in [0.2, 0.25) is 0 Å². The van der Waals surface area contributed by atoms with Gasteiger partial charge in [0.1, 0.15) is 5.75 Å². The Morgan fingerprint density at radius 3 is 2.50 bits per heavy atom. The van der Waals surface area contributed by atoms with Crippen molar-refractivity contribution >= 4 is 17.6 Å². The zero-order chi connectivity index (χ0) is 19.8. The largest absolute Gasteiger partial charge is 0.494 e. The van der Waals surface area contributed by atoms with Gasteiger partial charge in [-0.15, -0.1) is 0 Å². The number of benzene rings is 2. The Hall–Kier alpha value is -3.61. The third-order valence-corrected chi connectivity index (χ3v) is 3.93. The van der Waals surface area contributed by atoms with Crippen molar-refractivity contribution in [3.63, 3.8) is 0 Å². The van der Waals surface area contributed by atoms with Gasteiger partial charge in [0.2, 0.25) is 5.91 Å². The molecule has 144 valence electrons. The fourth-order valence-electron chi connectivity index (χ4n) is 2.61. The molecule has 0 aliphatic carbocycles. The van der Waals surface area contributed by atoms with Gasteiger partial charge in [0.05, 0.1) is 19.7 Å². The zero-order valence-corrected chi connectivity index (χ0v) is 15.6. The quantitative estimate of drug-likeness (QED) is 0.631. The minimum atomic E-state index is -0.343. The van der Waals surface area contributed by atoms with Crippen LogP contribution in [0, 0.1) is 0 Å². The molecule has 3 aromatic rings. The van der Waals surface area contributed by atoms with Gasteiger partial charge in [-0.1, -0.05) is 30.3 Å². The topological polar surface area (TPSA) is 85.2 Å². The normalized spacial score (nSPS) is 10.3. The third-order valence-electron chi connectivity index (χ3n) is 3.93. The van der Waals surface area contributed by atoms with E-state index in [1.807, 2.05) is 37.3 Å². The van der Waals surface area contributed by atoms with E-state index in [2.05, 4.69) is 15.7 Å². The Bertz CT molecular complexity index is 920. The van der Waals surface area contributed by atoms with Crippen LogP contribution >= 0.6 is 0 Å². The summed E-state index contributed by atoms with van der Waals surface area (Å²) in [6, 6.07) is 18.4. The van der Waals surface area contributed by atoms with Crippen molar-refractivity contribution in [2.24, 2.45) is 0 Å². The molecule has 0 saturated carbocycles. The molecule has 0 spiro atoms. The van der Waals surface area contributed by atoms with E-state index in [0.29, 0.717) is 30.3 Å². The Balaban J connectivity index is 1.47. The highest BCUT2D eigenvalue weighted by Gasteiger charge is 2.10. The zero-order valence-electron chi connectivity index (χ0n) is 15.6. The number of nitrogens with one attached hydrogen (secondary N) is 2. The molecule has 2 aromatic carbocycles. The van der Waals surface area contributed by atoms with Crippen LogP contribution in [0.4, 0.5) is 5.82 Å². The van der Waals surface area contributed by atoms with Crippen LogP contribution < -0.4 is 15.4 Å². The monoisotopic (exact) mass is 378 g/mol. The van der Waals surface area contributed by atoms with Gasteiger partial charge in [0.15, 0.2) is 5.82 Å². The molecule has 3 rings (SSSR count). The van der Waals surface area contributed by atoms with Crippen molar-refractivity contribution in [3.8, 4) is 5.75 Å². The summed E-state index contributed by atoms with van der Waals surface area (Å²) in [5.41, 5.74) is 1.58. The summed E-state index contributed by atoms with van der Waals surface area (Å²) in [7, 11) is 0. The van der Waals surface area contributed by atoms with E-state index in [9.17, 15) is 9.59 Å². The lowest BCUT2D eigenvalue weighted by Crippen LogP contribution is -2.32. The molecule has 0 aliphatic heterocycles. The van der Waals surface area contributed by atoms with Crippen molar-refractivity contribution in [3.05, 3.63) is 78.0 Å². The number of ether oxygens (including phenoxy) is 1. The summed E-state index contributed by atoms with van der Waals surface area (Å²) in [6.45, 7) is 2.93. The molecule has 28 heavy (non-hydrogen) atoms. The van der Waals surface area contributed by atoms with Crippen LogP contribution in [0.1, 0.15) is 22.8 Å². The molecule has 0 radical (unpaired) electrons. The number of carbonyl (C=O) groups excluding carboxylic acids is 2. The first kappa shape index (κ1) is 19.2. The van der Waals surface area contributed by atoms with E-state index >= 15 is 0 Å². The van der Waals surface area contributed by atoms with Crippen LogP contribution in [0.15, 0.2) is 66.9 Å².